The summed E-state index contributed by atoms with van der Waals surface area (Å²) in [5.41, 5.74) is 0.333. The van der Waals surface area contributed by atoms with Gasteiger partial charge in [-0.2, -0.15) is 4.98 Å². The lowest BCUT2D eigenvalue weighted by Gasteiger charge is -2.44. The first kappa shape index (κ1) is 39.6. The number of hydrogen-bond acceptors (Lipinski definition) is 16. The highest BCUT2D eigenvalue weighted by Crippen LogP contribution is 2.42. The van der Waals surface area contributed by atoms with E-state index in [1.807, 2.05) is 0 Å². The Morgan fingerprint density at radius 2 is 1.57 bits per heavy atom. The number of esters is 5. The summed E-state index contributed by atoms with van der Waals surface area (Å²) in [7, 11) is 0. The Morgan fingerprint density at radius 1 is 0.907 bits per heavy atom. The summed E-state index contributed by atoms with van der Waals surface area (Å²) in [4.78, 5) is 80.7. The summed E-state index contributed by atoms with van der Waals surface area (Å²) < 4.78 is 41.5. The second kappa shape index (κ2) is 16.6. The van der Waals surface area contributed by atoms with E-state index in [2.05, 4.69) is 15.3 Å². The first-order chi connectivity index (χ1) is 25.6. The van der Waals surface area contributed by atoms with Crippen molar-refractivity contribution in [1.29, 1.82) is 0 Å². The summed E-state index contributed by atoms with van der Waals surface area (Å²) in [5.74, 6) is -4.22. The number of carbonyl (C=O) groups excluding carboxylic acids is 5. The first-order valence-electron chi connectivity index (χ1n) is 16.7. The number of benzene rings is 1. The van der Waals surface area contributed by atoms with Crippen LogP contribution in [0.15, 0.2) is 46.6 Å². The van der Waals surface area contributed by atoms with Gasteiger partial charge in [-0.3, -0.25) is 28.5 Å². The zero-order chi connectivity index (χ0) is 39.4. The van der Waals surface area contributed by atoms with E-state index in [4.69, 9.17) is 44.8 Å². The van der Waals surface area contributed by atoms with Gasteiger partial charge in [-0.15, -0.1) is 5.10 Å². The van der Waals surface area contributed by atoms with Crippen LogP contribution in [0.1, 0.15) is 76.3 Å². The molecule has 6 atom stereocenters. The Bertz CT molecular complexity index is 2060. The fraction of sp³-hybridized carbons (Fsp3) is 0.457. The molecule has 1 unspecified atom stereocenters. The molecule has 2 aliphatic heterocycles. The Kier molecular flexibility index (Phi) is 12.2. The quantitative estimate of drug-likeness (QED) is 0.202. The molecular formula is C35H38ClN5O13. The standard InChI is InChI=1S/C35H38ClN5O13/c1-8-48-35(47)26-16(2)50-32-28(27(26)22-10-9-11-23(36)12-22)33(46)40(17(3)37-32)13-24-14-41(39-38-24)34-31(53-21(7)45)30(52-20(6)44)29(51-19(5)43)25(54-34)15-49-18(4)42/h9-12,14,25,27,29-31,34H,8,13,15H2,1-7H3/t25-,27?,29-,30+,31-,34-/m1/s1. The highest BCUT2D eigenvalue weighted by atomic mass is 35.5. The number of hydrogen-bond donors (Lipinski definition) is 0. The van der Waals surface area contributed by atoms with Crippen LogP contribution in [0.3, 0.4) is 0 Å². The van der Waals surface area contributed by atoms with Crippen molar-refractivity contribution in [2.75, 3.05) is 13.2 Å². The molecule has 0 spiro atoms. The molecule has 288 valence electrons. The normalized spacial score (nSPS) is 22.0. The van der Waals surface area contributed by atoms with Crippen LogP contribution in [-0.2, 0) is 58.9 Å². The van der Waals surface area contributed by atoms with Gasteiger partial charge in [0.15, 0.2) is 24.5 Å². The molecule has 0 radical (unpaired) electrons. The minimum atomic E-state index is -1.44. The Hall–Kier alpha value is -5.62. The number of nitrogens with zero attached hydrogens (tertiary/aromatic N) is 5. The van der Waals surface area contributed by atoms with Gasteiger partial charge in [-0.05, 0) is 38.5 Å². The van der Waals surface area contributed by atoms with Gasteiger partial charge < -0.3 is 33.2 Å². The van der Waals surface area contributed by atoms with Crippen molar-refractivity contribution < 1.29 is 57.1 Å². The van der Waals surface area contributed by atoms with Crippen molar-refractivity contribution in [3.63, 3.8) is 0 Å². The number of aryl methyl sites for hydroxylation is 1. The van der Waals surface area contributed by atoms with Crippen LogP contribution < -0.4 is 10.3 Å². The molecule has 5 rings (SSSR count). The van der Waals surface area contributed by atoms with E-state index in [-0.39, 0.29) is 47.4 Å². The molecule has 3 aromatic rings. The van der Waals surface area contributed by atoms with Crippen molar-refractivity contribution >= 4 is 41.4 Å². The molecule has 0 bridgehead atoms. The molecule has 4 heterocycles. The maximum Gasteiger partial charge on any atom is 0.338 e. The summed E-state index contributed by atoms with van der Waals surface area (Å²) in [6.45, 7) is 8.77. The molecule has 2 aromatic heterocycles. The van der Waals surface area contributed by atoms with Crippen LogP contribution in [0.5, 0.6) is 5.88 Å². The third kappa shape index (κ3) is 8.60. The van der Waals surface area contributed by atoms with Crippen LogP contribution in [0, 0.1) is 6.92 Å². The van der Waals surface area contributed by atoms with Gasteiger partial charge in [0.2, 0.25) is 5.88 Å². The van der Waals surface area contributed by atoms with Crippen molar-refractivity contribution in [2.24, 2.45) is 0 Å². The number of ether oxygens (including phenoxy) is 7. The van der Waals surface area contributed by atoms with Gasteiger partial charge in [-0.25, -0.2) is 9.48 Å². The molecule has 0 amide bonds. The molecule has 1 aromatic carbocycles. The van der Waals surface area contributed by atoms with E-state index >= 15 is 0 Å². The first-order valence-corrected chi connectivity index (χ1v) is 17.1. The van der Waals surface area contributed by atoms with E-state index < -0.39 is 78.6 Å². The zero-order valence-corrected chi connectivity index (χ0v) is 31.1. The van der Waals surface area contributed by atoms with Crippen LogP contribution in [-0.4, -0.2) is 92.0 Å². The number of halogens is 1. The van der Waals surface area contributed by atoms with Crippen molar-refractivity contribution in [3.05, 3.63) is 79.8 Å². The van der Waals surface area contributed by atoms with Gasteiger partial charge in [0.05, 0.1) is 36.4 Å². The average Bonchev–Trinajstić information content (AvgIpc) is 3.55. The topological polar surface area (TPSA) is 216 Å². The van der Waals surface area contributed by atoms with Gasteiger partial charge in [0.25, 0.3) is 5.56 Å². The summed E-state index contributed by atoms with van der Waals surface area (Å²) >= 11 is 6.34. The van der Waals surface area contributed by atoms with Crippen LogP contribution in [0.2, 0.25) is 5.02 Å². The molecule has 1 saturated heterocycles. The minimum Gasteiger partial charge on any atom is -0.463 e. The maximum atomic E-state index is 14.4. The highest BCUT2D eigenvalue weighted by Gasteiger charge is 2.53. The molecule has 0 aliphatic carbocycles. The van der Waals surface area contributed by atoms with E-state index in [9.17, 15) is 28.8 Å². The molecule has 54 heavy (non-hydrogen) atoms. The average molecular weight is 772 g/mol. The Morgan fingerprint density at radius 3 is 2.20 bits per heavy atom. The smallest absolute Gasteiger partial charge is 0.338 e. The molecular weight excluding hydrogens is 734 g/mol. The van der Waals surface area contributed by atoms with Gasteiger partial charge in [0.1, 0.15) is 30.0 Å². The Balaban J connectivity index is 1.56. The number of allylic oxidation sites excluding steroid dienone is 1. The molecule has 0 N–H and O–H groups in total. The SMILES string of the molecule is CCOC(=O)C1=C(C)Oc2nc(C)n(Cc3cn([C@@H]4O[C@H](COC(C)=O)[C@@H](OC(C)=O)[C@H](OC(C)=O)[C@H]4OC(C)=O)nn3)c(=O)c2C1c1cccc(Cl)c1. The molecule has 2 aliphatic rings. The Labute approximate surface area is 313 Å². The molecule has 1 fully saturated rings. The third-order valence-corrected chi connectivity index (χ3v) is 8.58. The summed E-state index contributed by atoms with van der Waals surface area (Å²) in [6.07, 6.45) is -5.46. The van der Waals surface area contributed by atoms with Crippen molar-refractivity contribution in [2.45, 2.75) is 91.6 Å². The predicted octanol–water partition coefficient (Wildman–Crippen LogP) is 2.46. The fourth-order valence-electron chi connectivity index (χ4n) is 6.29. The summed E-state index contributed by atoms with van der Waals surface area (Å²) in [5, 5.41) is 8.74. The maximum absolute atomic E-state index is 14.4. The van der Waals surface area contributed by atoms with Crippen molar-refractivity contribution in [1.82, 2.24) is 24.5 Å². The largest absolute Gasteiger partial charge is 0.463 e. The number of rotatable bonds is 11. The second-order valence-corrected chi connectivity index (χ2v) is 12.8. The van der Waals surface area contributed by atoms with Crippen molar-refractivity contribution in [3.8, 4) is 5.88 Å². The number of fused-ring (bicyclic) bond motifs is 1. The lowest BCUT2D eigenvalue weighted by molar-refractivity contribution is -0.270. The molecule has 18 nitrogen and oxygen atoms in total. The second-order valence-electron chi connectivity index (χ2n) is 12.3. The van der Waals surface area contributed by atoms with Gasteiger partial charge in [0, 0.05) is 32.7 Å². The van der Waals surface area contributed by atoms with Crippen LogP contribution in [0.4, 0.5) is 0 Å². The van der Waals surface area contributed by atoms with Gasteiger partial charge in [-0.1, -0.05) is 28.9 Å². The lowest BCUT2D eigenvalue weighted by Crippen LogP contribution is -2.60. The zero-order valence-electron chi connectivity index (χ0n) is 30.4. The monoisotopic (exact) mass is 771 g/mol. The van der Waals surface area contributed by atoms with E-state index in [0.29, 0.717) is 10.6 Å². The highest BCUT2D eigenvalue weighted by molar-refractivity contribution is 6.30. The molecule has 19 heteroatoms. The third-order valence-electron chi connectivity index (χ3n) is 8.35. The predicted molar refractivity (Wildman–Crippen MR) is 183 cm³/mol. The lowest BCUT2D eigenvalue weighted by atomic mass is 9.83. The van der Waals surface area contributed by atoms with E-state index in [0.717, 1.165) is 27.7 Å². The fourth-order valence-corrected chi connectivity index (χ4v) is 6.49. The van der Waals surface area contributed by atoms with Gasteiger partial charge >= 0.3 is 29.8 Å². The summed E-state index contributed by atoms with van der Waals surface area (Å²) in [6, 6.07) is 6.71. The van der Waals surface area contributed by atoms with E-state index in [1.54, 1.807) is 45.0 Å². The minimum absolute atomic E-state index is 0.00502. The van der Waals surface area contributed by atoms with Crippen LogP contribution in [0.25, 0.3) is 0 Å². The van der Waals surface area contributed by atoms with Crippen LogP contribution >= 0.6 is 11.6 Å². The number of carbonyl (C=O) groups is 5. The molecule has 0 saturated carbocycles. The number of aromatic nitrogens is 5. The van der Waals surface area contributed by atoms with E-state index in [1.165, 1.54) is 15.4 Å².